The highest BCUT2D eigenvalue weighted by molar-refractivity contribution is 7.14. The summed E-state index contributed by atoms with van der Waals surface area (Å²) in [4.78, 5) is 18.0. The summed E-state index contributed by atoms with van der Waals surface area (Å²) in [6.07, 6.45) is 0. The van der Waals surface area contributed by atoms with Gasteiger partial charge >= 0.3 is 0 Å². The summed E-state index contributed by atoms with van der Waals surface area (Å²) in [5.41, 5.74) is 1.50. The fourth-order valence-electron chi connectivity index (χ4n) is 1.92. The van der Waals surface area contributed by atoms with Crippen molar-refractivity contribution in [2.24, 2.45) is 5.92 Å². The summed E-state index contributed by atoms with van der Waals surface area (Å²) in [7, 11) is 3.26. The van der Waals surface area contributed by atoms with E-state index in [4.69, 9.17) is 4.74 Å². The normalized spacial score (nSPS) is 10.7. The van der Waals surface area contributed by atoms with Gasteiger partial charge in [-0.25, -0.2) is 4.98 Å². The molecule has 0 saturated carbocycles. The zero-order valence-electron chi connectivity index (χ0n) is 12.5. The first-order valence-electron chi connectivity index (χ1n) is 6.54. The first-order chi connectivity index (χ1) is 9.93. The second-order valence-corrected chi connectivity index (χ2v) is 5.79. The largest absolute Gasteiger partial charge is 0.508 e. The summed E-state index contributed by atoms with van der Waals surface area (Å²) in [5, 5.41) is 12.0. The Labute approximate surface area is 127 Å². The summed E-state index contributed by atoms with van der Waals surface area (Å²) in [6, 6.07) is 4.87. The van der Waals surface area contributed by atoms with E-state index in [1.807, 2.05) is 19.2 Å². The maximum atomic E-state index is 12.0. The Balaban J connectivity index is 2.34. The third kappa shape index (κ3) is 3.16. The minimum absolute atomic E-state index is 0.0218. The molecule has 1 heterocycles. The van der Waals surface area contributed by atoms with Crippen LogP contribution in [0.4, 0.5) is 5.13 Å². The van der Waals surface area contributed by atoms with Crippen LogP contribution in [-0.2, 0) is 4.79 Å². The van der Waals surface area contributed by atoms with Crippen LogP contribution in [0.2, 0.25) is 0 Å². The number of carbonyl (C=O) groups is 1. The summed E-state index contributed by atoms with van der Waals surface area (Å²) in [6.45, 7) is 3.71. The number of nitrogens with zero attached hydrogens (tertiary/aromatic N) is 2. The van der Waals surface area contributed by atoms with Crippen LogP contribution in [0.25, 0.3) is 11.3 Å². The van der Waals surface area contributed by atoms with Crippen LogP contribution < -0.4 is 9.64 Å². The van der Waals surface area contributed by atoms with Gasteiger partial charge in [-0.3, -0.25) is 9.69 Å². The zero-order chi connectivity index (χ0) is 15.6. The van der Waals surface area contributed by atoms with Crippen LogP contribution in [0.3, 0.4) is 0 Å². The molecule has 6 heteroatoms. The Kier molecular flexibility index (Phi) is 4.47. The number of anilines is 1. The van der Waals surface area contributed by atoms with E-state index >= 15 is 0 Å². The molecule has 1 N–H and O–H groups in total. The third-order valence-electron chi connectivity index (χ3n) is 3.06. The summed E-state index contributed by atoms with van der Waals surface area (Å²) >= 11 is 1.40. The lowest BCUT2D eigenvalue weighted by molar-refractivity contribution is -0.121. The van der Waals surface area contributed by atoms with Gasteiger partial charge in [0.2, 0.25) is 5.91 Å². The maximum absolute atomic E-state index is 12.0. The Morgan fingerprint density at radius 3 is 2.76 bits per heavy atom. The lowest BCUT2D eigenvalue weighted by Gasteiger charge is -2.15. The van der Waals surface area contributed by atoms with Crippen molar-refractivity contribution < 1.29 is 14.6 Å². The molecule has 0 bridgehead atoms. The molecule has 0 radical (unpaired) electrons. The van der Waals surface area contributed by atoms with Crippen molar-refractivity contribution in [2.45, 2.75) is 13.8 Å². The molecule has 1 amide bonds. The van der Waals surface area contributed by atoms with E-state index in [1.165, 1.54) is 17.4 Å². The number of amides is 1. The average molecular weight is 306 g/mol. The Morgan fingerprint density at radius 2 is 2.14 bits per heavy atom. The number of hydrogen-bond donors (Lipinski definition) is 1. The maximum Gasteiger partial charge on any atom is 0.231 e. The molecule has 0 aliphatic heterocycles. The van der Waals surface area contributed by atoms with Crippen LogP contribution in [0.15, 0.2) is 23.6 Å². The zero-order valence-corrected chi connectivity index (χ0v) is 13.3. The van der Waals surface area contributed by atoms with Crippen LogP contribution in [-0.4, -0.2) is 30.2 Å². The van der Waals surface area contributed by atoms with Crippen molar-refractivity contribution in [1.82, 2.24) is 4.98 Å². The van der Waals surface area contributed by atoms with Crippen LogP contribution in [0.1, 0.15) is 13.8 Å². The smallest absolute Gasteiger partial charge is 0.231 e. The Bertz CT molecular complexity index is 652. The first-order valence-corrected chi connectivity index (χ1v) is 7.42. The molecular formula is C15H18N2O3S. The number of rotatable bonds is 4. The number of benzene rings is 1. The Hall–Kier alpha value is -2.08. The van der Waals surface area contributed by atoms with E-state index in [2.05, 4.69) is 4.98 Å². The molecule has 0 unspecified atom stereocenters. The van der Waals surface area contributed by atoms with Crippen molar-refractivity contribution in [3.8, 4) is 22.8 Å². The van der Waals surface area contributed by atoms with Gasteiger partial charge in [0.05, 0.1) is 12.8 Å². The van der Waals surface area contributed by atoms with E-state index in [1.54, 1.807) is 31.2 Å². The van der Waals surface area contributed by atoms with Gasteiger partial charge in [0.25, 0.3) is 0 Å². The highest BCUT2D eigenvalue weighted by Crippen LogP contribution is 2.35. The molecule has 21 heavy (non-hydrogen) atoms. The molecule has 5 nitrogen and oxygen atoms in total. The second-order valence-electron chi connectivity index (χ2n) is 4.95. The summed E-state index contributed by atoms with van der Waals surface area (Å²) in [5.74, 6) is 0.627. The lowest BCUT2D eigenvalue weighted by Crippen LogP contribution is -2.30. The first kappa shape index (κ1) is 15.3. The minimum Gasteiger partial charge on any atom is -0.508 e. The molecule has 0 fully saturated rings. The number of thiazole rings is 1. The number of hydrogen-bond acceptors (Lipinski definition) is 5. The molecule has 0 spiro atoms. The quantitative estimate of drug-likeness (QED) is 0.942. The number of aromatic nitrogens is 1. The van der Waals surface area contributed by atoms with E-state index < -0.39 is 0 Å². The fourth-order valence-corrected chi connectivity index (χ4v) is 2.71. The molecular weight excluding hydrogens is 288 g/mol. The molecule has 2 aromatic rings. The van der Waals surface area contributed by atoms with Crippen molar-refractivity contribution in [3.05, 3.63) is 23.6 Å². The van der Waals surface area contributed by atoms with Crippen molar-refractivity contribution >= 4 is 22.4 Å². The van der Waals surface area contributed by atoms with Gasteiger partial charge in [0.1, 0.15) is 11.5 Å². The van der Waals surface area contributed by atoms with Gasteiger partial charge in [0, 0.05) is 30.0 Å². The van der Waals surface area contributed by atoms with Gasteiger partial charge in [-0.1, -0.05) is 13.8 Å². The van der Waals surface area contributed by atoms with Crippen LogP contribution >= 0.6 is 11.3 Å². The van der Waals surface area contributed by atoms with Gasteiger partial charge < -0.3 is 9.84 Å². The molecule has 1 aromatic carbocycles. The lowest BCUT2D eigenvalue weighted by atomic mass is 10.1. The molecule has 0 saturated heterocycles. The molecule has 2 rings (SSSR count). The van der Waals surface area contributed by atoms with E-state index in [9.17, 15) is 9.90 Å². The number of carbonyl (C=O) groups excluding carboxylic acids is 1. The monoisotopic (exact) mass is 306 g/mol. The second kappa shape index (κ2) is 6.13. The highest BCUT2D eigenvalue weighted by atomic mass is 32.1. The predicted molar refractivity (Wildman–Crippen MR) is 84.0 cm³/mol. The van der Waals surface area contributed by atoms with Gasteiger partial charge in [-0.05, 0) is 12.1 Å². The van der Waals surface area contributed by atoms with Crippen LogP contribution in [0, 0.1) is 5.92 Å². The molecule has 0 aliphatic carbocycles. The van der Waals surface area contributed by atoms with E-state index in [0.717, 1.165) is 11.3 Å². The average Bonchev–Trinajstić information content (AvgIpc) is 2.94. The fraction of sp³-hybridized carbons (Fsp3) is 0.333. The van der Waals surface area contributed by atoms with Crippen molar-refractivity contribution in [1.29, 1.82) is 0 Å². The standard InChI is InChI=1S/C15H18N2O3S/c1-9(2)14(19)17(3)15-16-12(8-21-15)11-6-5-10(18)7-13(11)20-4/h5-9,18H,1-4H3. The van der Waals surface area contributed by atoms with Gasteiger partial charge in [-0.2, -0.15) is 0 Å². The van der Waals surface area contributed by atoms with Gasteiger partial charge in [-0.15, -0.1) is 11.3 Å². The van der Waals surface area contributed by atoms with Crippen molar-refractivity contribution in [3.63, 3.8) is 0 Å². The van der Waals surface area contributed by atoms with E-state index in [-0.39, 0.29) is 17.6 Å². The number of ether oxygens (including phenoxy) is 1. The molecule has 0 atom stereocenters. The van der Waals surface area contributed by atoms with Crippen LogP contribution in [0.5, 0.6) is 11.5 Å². The number of methoxy groups -OCH3 is 1. The van der Waals surface area contributed by atoms with Crippen molar-refractivity contribution in [2.75, 3.05) is 19.1 Å². The summed E-state index contributed by atoms with van der Waals surface area (Å²) < 4.78 is 5.26. The predicted octanol–water partition coefficient (Wildman–Crippen LogP) is 3.14. The number of phenolic OH excluding ortho intramolecular Hbond substituents is 1. The molecule has 0 aliphatic rings. The molecule has 112 valence electrons. The topological polar surface area (TPSA) is 62.7 Å². The number of aromatic hydroxyl groups is 1. The van der Waals surface area contributed by atoms with E-state index in [0.29, 0.717) is 10.9 Å². The highest BCUT2D eigenvalue weighted by Gasteiger charge is 2.19. The Morgan fingerprint density at radius 1 is 1.43 bits per heavy atom. The number of phenols is 1. The SMILES string of the molecule is COc1cc(O)ccc1-c1csc(N(C)C(=O)C(C)C)n1. The minimum atomic E-state index is -0.0782. The third-order valence-corrected chi connectivity index (χ3v) is 3.98. The molecule has 1 aromatic heterocycles. The van der Waals surface area contributed by atoms with Gasteiger partial charge in [0.15, 0.2) is 5.13 Å².